The number of benzene rings is 3. The summed E-state index contributed by atoms with van der Waals surface area (Å²) in [6.45, 7) is 1.88. The molecule has 3 aromatic carbocycles. The second-order valence-corrected chi connectivity index (χ2v) is 9.39. The van der Waals surface area contributed by atoms with Crippen molar-refractivity contribution in [3.63, 3.8) is 0 Å². The standard InChI is InChI=1S/C22H18N4O3S2/c1-15-10-12-19(13-11-15)31(28,29)26-18-9-5-8-17(14-18)20(27)23-22-25-24-21(30-22)16-6-3-2-4-7-16/h2-14,26H,1H3,(H,23,25,27). The molecule has 0 aliphatic rings. The van der Waals surface area contributed by atoms with Crippen LogP contribution >= 0.6 is 11.3 Å². The van der Waals surface area contributed by atoms with Crippen LogP contribution in [0.4, 0.5) is 10.8 Å². The van der Waals surface area contributed by atoms with Gasteiger partial charge in [-0.25, -0.2) is 8.42 Å². The topological polar surface area (TPSA) is 101 Å². The second-order valence-electron chi connectivity index (χ2n) is 6.73. The largest absolute Gasteiger partial charge is 0.296 e. The molecule has 0 atom stereocenters. The first kappa shape index (κ1) is 20.7. The van der Waals surface area contributed by atoms with Gasteiger partial charge < -0.3 is 0 Å². The Kier molecular flexibility index (Phi) is 5.79. The minimum Gasteiger partial charge on any atom is -0.296 e. The number of hydrogen-bond donors (Lipinski definition) is 2. The first-order valence-corrected chi connectivity index (χ1v) is 11.6. The van der Waals surface area contributed by atoms with Crippen LogP contribution in [-0.4, -0.2) is 24.5 Å². The molecule has 1 aromatic heterocycles. The van der Waals surface area contributed by atoms with E-state index in [2.05, 4.69) is 20.2 Å². The number of aryl methyl sites for hydroxylation is 1. The van der Waals surface area contributed by atoms with Crippen molar-refractivity contribution >= 4 is 38.1 Å². The summed E-state index contributed by atoms with van der Waals surface area (Å²) in [6, 6.07) is 22.3. The molecule has 4 rings (SSSR count). The predicted molar refractivity (Wildman–Crippen MR) is 122 cm³/mol. The zero-order valence-corrected chi connectivity index (χ0v) is 18.1. The molecule has 0 aliphatic heterocycles. The van der Waals surface area contributed by atoms with E-state index in [4.69, 9.17) is 0 Å². The maximum atomic E-state index is 12.6. The molecule has 0 radical (unpaired) electrons. The summed E-state index contributed by atoms with van der Waals surface area (Å²) in [6.07, 6.45) is 0. The molecular formula is C22H18N4O3S2. The van der Waals surface area contributed by atoms with Crippen molar-refractivity contribution in [3.05, 3.63) is 90.0 Å². The summed E-state index contributed by atoms with van der Waals surface area (Å²) in [5, 5.41) is 11.9. The molecule has 9 heteroatoms. The number of aromatic nitrogens is 2. The van der Waals surface area contributed by atoms with E-state index in [-0.39, 0.29) is 10.6 Å². The molecule has 4 aromatic rings. The van der Waals surface area contributed by atoms with Crippen LogP contribution < -0.4 is 10.0 Å². The van der Waals surface area contributed by atoms with Gasteiger partial charge >= 0.3 is 0 Å². The third kappa shape index (κ3) is 4.96. The fourth-order valence-electron chi connectivity index (χ4n) is 2.80. The normalized spacial score (nSPS) is 11.1. The molecule has 0 aliphatic carbocycles. The van der Waals surface area contributed by atoms with Crippen LogP contribution in [0, 0.1) is 6.92 Å². The average molecular weight is 451 g/mol. The number of hydrogen-bond acceptors (Lipinski definition) is 6. The fraction of sp³-hybridized carbons (Fsp3) is 0.0455. The molecule has 7 nitrogen and oxygen atoms in total. The van der Waals surface area contributed by atoms with Crippen LogP contribution in [-0.2, 0) is 10.0 Å². The molecular weight excluding hydrogens is 432 g/mol. The predicted octanol–water partition coefficient (Wildman–Crippen LogP) is 4.57. The lowest BCUT2D eigenvalue weighted by atomic mass is 10.2. The van der Waals surface area contributed by atoms with Gasteiger partial charge in [0.15, 0.2) is 0 Å². The van der Waals surface area contributed by atoms with Crippen molar-refractivity contribution in [3.8, 4) is 10.6 Å². The van der Waals surface area contributed by atoms with E-state index in [0.29, 0.717) is 15.7 Å². The van der Waals surface area contributed by atoms with Gasteiger partial charge in [-0.2, -0.15) is 0 Å². The number of anilines is 2. The third-order valence-corrected chi connectivity index (χ3v) is 6.66. The lowest BCUT2D eigenvalue weighted by molar-refractivity contribution is 0.102. The number of carbonyl (C=O) groups excluding carboxylic acids is 1. The molecule has 2 N–H and O–H groups in total. The highest BCUT2D eigenvalue weighted by Gasteiger charge is 2.16. The molecule has 1 amide bonds. The molecule has 0 spiro atoms. The van der Waals surface area contributed by atoms with Gasteiger partial charge in [-0.3, -0.25) is 14.8 Å². The summed E-state index contributed by atoms with van der Waals surface area (Å²) in [5.74, 6) is -0.410. The molecule has 0 unspecified atom stereocenters. The maximum Gasteiger partial charge on any atom is 0.261 e. The first-order chi connectivity index (χ1) is 14.9. The first-order valence-electron chi connectivity index (χ1n) is 9.30. The second kappa shape index (κ2) is 8.66. The molecule has 156 valence electrons. The van der Waals surface area contributed by atoms with Crippen LogP contribution in [0.25, 0.3) is 10.6 Å². The number of nitrogens with one attached hydrogen (secondary N) is 2. The Bertz CT molecular complexity index is 1320. The van der Waals surface area contributed by atoms with Crippen molar-refractivity contribution < 1.29 is 13.2 Å². The minimum absolute atomic E-state index is 0.148. The van der Waals surface area contributed by atoms with E-state index in [1.54, 1.807) is 30.3 Å². The van der Waals surface area contributed by atoms with Crippen molar-refractivity contribution in [1.82, 2.24) is 10.2 Å². The zero-order chi connectivity index (χ0) is 21.8. The lowest BCUT2D eigenvalue weighted by Gasteiger charge is -2.09. The Labute approximate surface area is 183 Å². The average Bonchev–Trinajstić information content (AvgIpc) is 3.23. The van der Waals surface area contributed by atoms with Crippen molar-refractivity contribution in [2.45, 2.75) is 11.8 Å². The van der Waals surface area contributed by atoms with Crippen LogP contribution in [0.2, 0.25) is 0 Å². The number of amides is 1. The van der Waals surface area contributed by atoms with Gasteiger partial charge in [-0.05, 0) is 37.3 Å². The van der Waals surface area contributed by atoms with E-state index in [9.17, 15) is 13.2 Å². The molecule has 0 bridgehead atoms. The summed E-state index contributed by atoms with van der Waals surface area (Å²) < 4.78 is 27.7. The lowest BCUT2D eigenvalue weighted by Crippen LogP contribution is -2.15. The van der Waals surface area contributed by atoms with E-state index < -0.39 is 15.9 Å². The van der Waals surface area contributed by atoms with Crippen LogP contribution in [0.1, 0.15) is 15.9 Å². The minimum atomic E-state index is -3.76. The Morgan fingerprint density at radius 1 is 0.903 bits per heavy atom. The van der Waals surface area contributed by atoms with Crippen LogP contribution in [0.15, 0.2) is 83.8 Å². The van der Waals surface area contributed by atoms with Crippen molar-refractivity contribution in [1.29, 1.82) is 0 Å². The van der Waals surface area contributed by atoms with E-state index in [0.717, 1.165) is 11.1 Å². The highest BCUT2D eigenvalue weighted by molar-refractivity contribution is 7.92. The van der Waals surface area contributed by atoms with Gasteiger partial charge in [0, 0.05) is 16.8 Å². The monoisotopic (exact) mass is 450 g/mol. The Balaban J connectivity index is 1.48. The summed E-state index contributed by atoms with van der Waals surface area (Å²) in [5.41, 5.74) is 2.45. The zero-order valence-electron chi connectivity index (χ0n) is 16.4. The highest BCUT2D eigenvalue weighted by Crippen LogP contribution is 2.26. The smallest absolute Gasteiger partial charge is 0.261 e. The Hall–Kier alpha value is -3.56. The number of carbonyl (C=O) groups is 1. The fourth-order valence-corrected chi connectivity index (χ4v) is 4.59. The van der Waals surface area contributed by atoms with Gasteiger partial charge in [0.1, 0.15) is 5.01 Å². The van der Waals surface area contributed by atoms with Gasteiger partial charge in [-0.1, -0.05) is 65.4 Å². The molecule has 0 saturated heterocycles. The van der Waals surface area contributed by atoms with E-state index in [1.807, 2.05) is 37.3 Å². The highest BCUT2D eigenvalue weighted by atomic mass is 32.2. The maximum absolute atomic E-state index is 12.6. The molecule has 0 fully saturated rings. The number of nitrogens with zero attached hydrogens (tertiary/aromatic N) is 2. The molecule has 31 heavy (non-hydrogen) atoms. The van der Waals surface area contributed by atoms with Gasteiger partial charge in [-0.15, -0.1) is 10.2 Å². The van der Waals surface area contributed by atoms with E-state index >= 15 is 0 Å². The quantitative estimate of drug-likeness (QED) is 0.448. The summed E-state index contributed by atoms with van der Waals surface area (Å²) >= 11 is 1.26. The van der Waals surface area contributed by atoms with Gasteiger partial charge in [0.25, 0.3) is 15.9 Å². The number of sulfonamides is 1. The van der Waals surface area contributed by atoms with Crippen LogP contribution in [0.5, 0.6) is 0 Å². The van der Waals surface area contributed by atoms with Gasteiger partial charge in [0.05, 0.1) is 4.90 Å². The van der Waals surface area contributed by atoms with Crippen LogP contribution in [0.3, 0.4) is 0 Å². The Morgan fingerprint density at radius 3 is 2.39 bits per heavy atom. The third-order valence-electron chi connectivity index (χ3n) is 4.37. The van der Waals surface area contributed by atoms with E-state index in [1.165, 1.54) is 29.5 Å². The van der Waals surface area contributed by atoms with Gasteiger partial charge in [0.2, 0.25) is 5.13 Å². The number of rotatable bonds is 6. The Morgan fingerprint density at radius 2 is 1.65 bits per heavy atom. The SMILES string of the molecule is Cc1ccc(S(=O)(=O)Nc2cccc(C(=O)Nc3nnc(-c4ccccc4)s3)c2)cc1. The van der Waals surface area contributed by atoms with Crippen molar-refractivity contribution in [2.75, 3.05) is 10.0 Å². The molecule has 0 saturated carbocycles. The summed E-state index contributed by atoms with van der Waals surface area (Å²) in [4.78, 5) is 12.8. The molecule has 1 heterocycles. The van der Waals surface area contributed by atoms with Crippen molar-refractivity contribution in [2.24, 2.45) is 0 Å². The summed E-state index contributed by atoms with van der Waals surface area (Å²) in [7, 11) is -3.76.